The third-order valence-electron chi connectivity index (χ3n) is 6.21. The molecule has 148 valence electrons. The minimum Gasteiger partial charge on any atom is -0.361 e. The van der Waals surface area contributed by atoms with Gasteiger partial charge in [0.25, 0.3) is 0 Å². The van der Waals surface area contributed by atoms with Crippen LogP contribution >= 0.6 is 0 Å². The van der Waals surface area contributed by atoms with Crippen molar-refractivity contribution in [3.63, 3.8) is 0 Å². The van der Waals surface area contributed by atoms with Gasteiger partial charge in [0, 0.05) is 50.9 Å². The van der Waals surface area contributed by atoms with Crippen LogP contribution in [0.4, 0.5) is 0 Å². The first-order valence-electron chi connectivity index (χ1n) is 9.96. The Kier molecular flexibility index (Phi) is 5.19. The van der Waals surface area contributed by atoms with Crippen molar-refractivity contribution >= 4 is 11.8 Å². The lowest BCUT2D eigenvalue weighted by atomic mass is 9.93. The highest BCUT2D eigenvalue weighted by atomic mass is 16.5. The molecule has 5 heterocycles. The Hall–Kier alpha value is -1.93. The van der Waals surface area contributed by atoms with Gasteiger partial charge in [0.2, 0.25) is 11.8 Å². The summed E-state index contributed by atoms with van der Waals surface area (Å²) in [6.07, 6.45) is 1.91. The molecule has 4 aliphatic rings. The van der Waals surface area contributed by atoms with Gasteiger partial charge in [-0.3, -0.25) is 14.5 Å². The monoisotopic (exact) mass is 375 g/mol. The molecular formula is C19H29N5O3. The van der Waals surface area contributed by atoms with Gasteiger partial charge in [-0.2, -0.15) is 0 Å². The summed E-state index contributed by atoms with van der Waals surface area (Å²) in [5.41, 5.74) is 1.87. The predicted molar refractivity (Wildman–Crippen MR) is 98.9 cm³/mol. The molecule has 0 saturated carbocycles. The van der Waals surface area contributed by atoms with E-state index >= 15 is 0 Å². The van der Waals surface area contributed by atoms with Crippen LogP contribution in [0.3, 0.4) is 0 Å². The van der Waals surface area contributed by atoms with Gasteiger partial charge in [-0.15, -0.1) is 0 Å². The summed E-state index contributed by atoms with van der Waals surface area (Å²) in [5, 5.41) is 7.30. The van der Waals surface area contributed by atoms with Crippen LogP contribution in [0.1, 0.15) is 29.9 Å². The number of aromatic nitrogens is 1. The number of carbonyl (C=O) groups is 2. The molecule has 5 rings (SSSR count). The standard InChI is InChI=1S/C19H29N5O3/c1-13-17(14(2)27-21-13)11-24-16-4-3-15(19(24)26)9-22(10-16)12-18(25)23-7-5-20-6-8-23/h15-16,20H,3-12H2,1-2H3/t15-,16+/m0/s1. The summed E-state index contributed by atoms with van der Waals surface area (Å²) in [7, 11) is 0. The number of piperazine rings is 1. The van der Waals surface area contributed by atoms with Gasteiger partial charge in [0.05, 0.1) is 24.7 Å². The number of fused-ring (bicyclic) bond motifs is 4. The highest BCUT2D eigenvalue weighted by Crippen LogP contribution is 2.31. The number of rotatable bonds is 4. The first-order chi connectivity index (χ1) is 13.0. The van der Waals surface area contributed by atoms with E-state index < -0.39 is 0 Å². The highest BCUT2D eigenvalue weighted by Gasteiger charge is 2.41. The fourth-order valence-electron chi connectivity index (χ4n) is 4.57. The number of nitrogens with zero attached hydrogens (tertiary/aromatic N) is 4. The van der Waals surface area contributed by atoms with E-state index in [1.807, 2.05) is 23.6 Å². The summed E-state index contributed by atoms with van der Waals surface area (Å²) >= 11 is 0. The minimum absolute atomic E-state index is 0.0138. The molecule has 4 saturated heterocycles. The average Bonchev–Trinajstić information content (AvgIpc) is 2.83. The van der Waals surface area contributed by atoms with Crippen LogP contribution in [-0.2, 0) is 16.1 Å². The van der Waals surface area contributed by atoms with Gasteiger partial charge in [-0.25, -0.2) is 0 Å². The molecule has 8 heteroatoms. The molecule has 4 fully saturated rings. The van der Waals surface area contributed by atoms with E-state index in [2.05, 4.69) is 15.4 Å². The molecule has 0 spiro atoms. The van der Waals surface area contributed by atoms with Gasteiger partial charge in [-0.1, -0.05) is 5.16 Å². The van der Waals surface area contributed by atoms with Crippen LogP contribution in [0.15, 0.2) is 4.52 Å². The molecule has 0 radical (unpaired) electrons. The lowest BCUT2D eigenvalue weighted by molar-refractivity contribution is -0.140. The molecule has 4 aliphatic heterocycles. The topological polar surface area (TPSA) is 81.9 Å². The van der Waals surface area contributed by atoms with Crippen LogP contribution in [0, 0.1) is 19.8 Å². The van der Waals surface area contributed by atoms with E-state index in [1.165, 1.54) is 0 Å². The van der Waals surface area contributed by atoms with Crippen molar-refractivity contribution in [3.05, 3.63) is 17.0 Å². The van der Waals surface area contributed by atoms with Crippen molar-refractivity contribution in [2.45, 2.75) is 39.3 Å². The summed E-state index contributed by atoms with van der Waals surface area (Å²) in [5.74, 6) is 1.16. The molecule has 1 aromatic rings. The van der Waals surface area contributed by atoms with Crippen molar-refractivity contribution in [3.8, 4) is 0 Å². The van der Waals surface area contributed by atoms with Gasteiger partial charge in [-0.05, 0) is 26.7 Å². The Morgan fingerprint density at radius 2 is 2.00 bits per heavy atom. The van der Waals surface area contributed by atoms with Gasteiger partial charge < -0.3 is 19.6 Å². The van der Waals surface area contributed by atoms with E-state index in [0.717, 1.165) is 62.6 Å². The zero-order valence-electron chi connectivity index (χ0n) is 16.2. The van der Waals surface area contributed by atoms with Crippen molar-refractivity contribution in [1.29, 1.82) is 0 Å². The van der Waals surface area contributed by atoms with E-state index in [-0.39, 0.29) is 23.8 Å². The van der Waals surface area contributed by atoms with Crippen LogP contribution in [-0.4, -0.2) is 83.5 Å². The average molecular weight is 375 g/mol. The third-order valence-corrected chi connectivity index (χ3v) is 6.21. The zero-order valence-corrected chi connectivity index (χ0v) is 16.2. The molecule has 27 heavy (non-hydrogen) atoms. The first kappa shape index (κ1) is 18.4. The van der Waals surface area contributed by atoms with Gasteiger partial charge in [0.15, 0.2) is 0 Å². The molecule has 2 bridgehead atoms. The smallest absolute Gasteiger partial charge is 0.236 e. The first-order valence-corrected chi connectivity index (χ1v) is 9.96. The summed E-state index contributed by atoms with van der Waals surface area (Å²) in [6.45, 7) is 9.52. The molecule has 2 amide bonds. The molecule has 0 unspecified atom stereocenters. The van der Waals surface area contributed by atoms with Crippen molar-refractivity contribution in [1.82, 2.24) is 25.2 Å². The Labute approximate surface area is 159 Å². The molecule has 0 aliphatic carbocycles. The van der Waals surface area contributed by atoms with E-state index in [9.17, 15) is 9.59 Å². The predicted octanol–water partition coefficient (Wildman–Crippen LogP) is 0.146. The normalized spacial score (nSPS) is 26.5. The number of aryl methyl sites for hydroxylation is 2. The Morgan fingerprint density at radius 3 is 2.70 bits per heavy atom. The molecular weight excluding hydrogens is 346 g/mol. The highest BCUT2D eigenvalue weighted by molar-refractivity contribution is 5.81. The second kappa shape index (κ2) is 7.59. The number of hydrogen-bond donors (Lipinski definition) is 1. The van der Waals surface area contributed by atoms with E-state index in [4.69, 9.17) is 4.52 Å². The van der Waals surface area contributed by atoms with Crippen LogP contribution in [0.2, 0.25) is 0 Å². The van der Waals surface area contributed by atoms with E-state index in [0.29, 0.717) is 19.6 Å². The molecule has 0 aromatic carbocycles. The SMILES string of the molecule is Cc1noc(C)c1CN1C(=O)[C@H]2CC[C@@H]1CN(CC(=O)N1CCNCC1)C2. The second-order valence-corrected chi connectivity index (χ2v) is 8.02. The maximum Gasteiger partial charge on any atom is 0.236 e. The number of hydrogen-bond acceptors (Lipinski definition) is 6. The van der Waals surface area contributed by atoms with Gasteiger partial charge in [0.1, 0.15) is 5.76 Å². The molecule has 8 nitrogen and oxygen atoms in total. The lowest BCUT2D eigenvalue weighted by Crippen LogP contribution is -2.50. The van der Waals surface area contributed by atoms with Crippen molar-refractivity contribution in [2.75, 3.05) is 45.8 Å². The number of piperidine rings is 1. The van der Waals surface area contributed by atoms with E-state index in [1.54, 1.807) is 0 Å². The molecule has 2 atom stereocenters. The quantitative estimate of drug-likeness (QED) is 0.807. The fraction of sp³-hybridized carbons (Fsp3) is 0.737. The maximum atomic E-state index is 13.0. The molecule has 1 aromatic heterocycles. The third kappa shape index (κ3) is 3.73. The number of amides is 2. The minimum atomic E-state index is -0.0138. The van der Waals surface area contributed by atoms with Crippen molar-refractivity contribution in [2.24, 2.45) is 5.92 Å². The van der Waals surface area contributed by atoms with Crippen LogP contribution < -0.4 is 5.32 Å². The zero-order chi connectivity index (χ0) is 19.0. The lowest BCUT2D eigenvalue weighted by Gasteiger charge is -2.36. The van der Waals surface area contributed by atoms with Crippen molar-refractivity contribution < 1.29 is 14.1 Å². The summed E-state index contributed by atoms with van der Waals surface area (Å²) in [6, 6.07) is 0.153. The number of nitrogens with one attached hydrogen (secondary N) is 1. The molecule has 1 N–H and O–H groups in total. The summed E-state index contributed by atoms with van der Waals surface area (Å²) in [4.78, 5) is 31.8. The Morgan fingerprint density at radius 1 is 1.22 bits per heavy atom. The Balaban J connectivity index is 1.44. The fourth-order valence-corrected chi connectivity index (χ4v) is 4.57. The van der Waals surface area contributed by atoms with Gasteiger partial charge >= 0.3 is 0 Å². The summed E-state index contributed by atoms with van der Waals surface area (Å²) < 4.78 is 5.27. The second-order valence-electron chi connectivity index (χ2n) is 8.02. The maximum absolute atomic E-state index is 13.0. The van der Waals surface area contributed by atoms with Crippen LogP contribution in [0.5, 0.6) is 0 Å². The Bertz CT molecular complexity index is 693. The van der Waals surface area contributed by atoms with Crippen LogP contribution in [0.25, 0.3) is 0 Å². The number of carbonyl (C=O) groups excluding carboxylic acids is 2. The largest absolute Gasteiger partial charge is 0.361 e.